The summed E-state index contributed by atoms with van der Waals surface area (Å²) in [5.41, 5.74) is 7.16. The van der Waals surface area contributed by atoms with Gasteiger partial charge in [0.1, 0.15) is 11.7 Å². The summed E-state index contributed by atoms with van der Waals surface area (Å²) in [4.78, 5) is 16.1. The summed E-state index contributed by atoms with van der Waals surface area (Å²) < 4.78 is 5.07. The second-order valence-corrected chi connectivity index (χ2v) is 3.94. The third-order valence-electron chi connectivity index (χ3n) is 2.66. The maximum absolute atomic E-state index is 12.1. The normalized spacial score (nSPS) is 11.7. The van der Waals surface area contributed by atoms with E-state index in [9.17, 15) is 4.79 Å². The zero-order valence-electron chi connectivity index (χ0n) is 10.5. The molecule has 0 aliphatic rings. The molecule has 0 bridgehead atoms. The average Bonchev–Trinajstić information content (AvgIpc) is 2.48. The number of pyridine rings is 1. The number of benzene rings is 1. The fourth-order valence-corrected chi connectivity index (χ4v) is 1.67. The Balaban J connectivity index is 2.13. The third kappa shape index (κ3) is 3.08. The Morgan fingerprint density at radius 1 is 1.26 bits per heavy atom. The van der Waals surface area contributed by atoms with Crippen LogP contribution in [-0.2, 0) is 4.79 Å². The van der Waals surface area contributed by atoms with Crippen molar-refractivity contribution in [3.8, 4) is 5.88 Å². The Labute approximate surface area is 111 Å². The van der Waals surface area contributed by atoms with Crippen molar-refractivity contribution in [2.45, 2.75) is 6.04 Å². The van der Waals surface area contributed by atoms with Crippen LogP contribution in [0, 0.1) is 0 Å². The average molecular weight is 257 g/mol. The van der Waals surface area contributed by atoms with E-state index >= 15 is 0 Å². The quantitative estimate of drug-likeness (QED) is 0.874. The van der Waals surface area contributed by atoms with E-state index in [0.717, 1.165) is 5.56 Å². The first kappa shape index (κ1) is 13.0. The van der Waals surface area contributed by atoms with Crippen LogP contribution in [0.2, 0.25) is 0 Å². The van der Waals surface area contributed by atoms with Gasteiger partial charge in [0.25, 0.3) is 0 Å². The fraction of sp³-hybridized carbons (Fsp3) is 0.143. The summed E-state index contributed by atoms with van der Waals surface area (Å²) in [6, 6.07) is 11.9. The molecule has 2 rings (SSSR count). The first-order valence-corrected chi connectivity index (χ1v) is 5.83. The molecule has 1 heterocycles. The zero-order chi connectivity index (χ0) is 13.7. The van der Waals surface area contributed by atoms with E-state index in [-0.39, 0.29) is 5.91 Å². The first-order chi connectivity index (χ1) is 9.22. The van der Waals surface area contributed by atoms with Crippen molar-refractivity contribution in [2.24, 2.45) is 5.73 Å². The number of amides is 1. The van der Waals surface area contributed by atoms with Crippen molar-refractivity contribution in [1.29, 1.82) is 0 Å². The van der Waals surface area contributed by atoms with Gasteiger partial charge >= 0.3 is 0 Å². The van der Waals surface area contributed by atoms with Crippen LogP contribution in [0.1, 0.15) is 11.6 Å². The summed E-state index contributed by atoms with van der Waals surface area (Å²) >= 11 is 0. The van der Waals surface area contributed by atoms with Crippen LogP contribution in [0.15, 0.2) is 48.7 Å². The Morgan fingerprint density at radius 3 is 2.68 bits per heavy atom. The van der Waals surface area contributed by atoms with Gasteiger partial charge in [-0.2, -0.15) is 0 Å². The lowest BCUT2D eigenvalue weighted by Crippen LogP contribution is -2.27. The van der Waals surface area contributed by atoms with Crippen LogP contribution in [0.4, 0.5) is 5.69 Å². The molecule has 0 aliphatic heterocycles. The molecule has 0 radical (unpaired) electrons. The Morgan fingerprint density at radius 2 is 2.00 bits per heavy atom. The maximum atomic E-state index is 12.1. The minimum absolute atomic E-state index is 0.308. The molecule has 5 nitrogen and oxygen atoms in total. The van der Waals surface area contributed by atoms with Gasteiger partial charge < -0.3 is 15.8 Å². The molecule has 0 spiro atoms. The number of methoxy groups -OCH3 is 1. The molecule has 0 fully saturated rings. The van der Waals surface area contributed by atoms with Gasteiger partial charge in [0, 0.05) is 6.20 Å². The SMILES string of the molecule is COc1ncccc1NC(=O)C(N)c1ccccc1. The van der Waals surface area contributed by atoms with Crippen molar-refractivity contribution in [1.82, 2.24) is 4.98 Å². The molecule has 1 aromatic carbocycles. The summed E-state index contributed by atoms with van der Waals surface area (Å²) in [7, 11) is 1.50. The van der Waals surface area contributed by atoms with E-state index in [1.54, 1.807) is 18.3 Å². The summed E-state index contributed by atoms with van der Waals surface area (Å²) in [6.45, 7) is 0. The predicted octanol–water partition coefficient (Wildman–Crippen LogP) is 1.73. The van der Waals surface area contributed by atoms with Gasteiger partial charge in [-0.3, -0.25) is 4.79 Å². The Hall–Kier alpha value is -2.40. The van der Waals surface area contributed by atoms with Crippen LogP contribution in [0.25, 0.3) is 0 Å². The molecule has 3 N–H and O–H groups in total. The minimum atomic E-state index is -0.730. The van der Waals surface area contributed by atoms with Crippen molar-refractivity contribution >= 4 is 11.6 Å². The minimum Gasteiger partial charge on any atom is -0.480 e. The number of nitrogens with two attached hydrogens (primary N) is 1. The molecule has 0 saturated carbocycles. The second kappa shape index (κ2) is 5.97. The molecule has 5 heteroatoms. The van der Waals surface area contributed by atoms with E-state index in [1.165, 1.54) is 7.11 Å². The lowest BCUT2D eigenvalue weighted by molar-refractivity contribution is -0.117. The van der Waals surface area contributed by atoms with Gasteiger partial charge in [0.2, 0.25) is 11.8 Å². The molecule has 2 aromatic rings. The molecular formula is C14H15N3O2. The Bertz CT molecular complexity index is 558. The summed E-state index contributed by atoms with van der Waals surface area (Å²) in [5, 5.41) is 2.71. The molecule has 19 heavy (non-hydrogen) atoms. The zero-order valence-corrected chi connectivity index (χ0v) is 10.5. The number of carbonyl (C=O) groups is 1. The van der Waals surface area contributed by atoms with Crippen LogP contribution in [-0.4, -0.2) is 18.0 Å². The number of rotatable bonds is 4. The molecule has 1 amide bonds. The number of hydrogen-bond acceptors (Lipinski definition) is 4. The van der Waals surface area contributed by atoms with E-state index < -0.39 is 6.04 Å². The van der Waals surface area contributed by atoms with E-state index in [2.05, 4.69) is 10.3 Å². The smallest absolute Gasteiger partial charge is 0.246 e. The third-order valence-corrected chi connectivity index (χ3v) is 2.66. The standard InChI is InChI=1S/C14H15N3O2/c1-19-14-11(8-5-9-16-14)17-13(18)12(15)10-6-3-2-4-7-10/h2-9,12H,15H2,1H3,(H,17,18). The molecule has 98 valence electrons. The first-order valence-electron chi connectivity index (χ1n) is 5.83. The highest BCUT2D eigenvalue weighted by molar-refractivity contribution is 5.96. The van der Waals surface area contributed by atoms with Crippen LogP contribution in [0.5, 0.6) is 5.88 Å². The lowest BCUT2D eigenvalue weighted by atomic mass is 10.1. The topological polar surface area (TPSA) is 77.2 Å². The van der Waals surface area contributed by atoms with Gasteiger partial charge in [0.05, 0.1) is 7.11 Å². The number of hydrogen-bond donors (Lipinski definition) is 2. The van der Waals surface area contributed by atoms with Gasteiger partial charge in [-0.05, 0) is 17.7 Å². The number of anilines is 1. The van der Waals surface area contributed by atoms with Crippen LogP contribution in [0.3, 0.4) is 0 Å². The summed E-state index contributed by atoms with van der Waals surface area (Å²) in [5.74, 6) is 0.0496. The maximum Gasteiger partial charge on any atom is 0.246 e. The van der Waals surface area contributed by atoms with Crippen molar-refractivity contribution in [3.63, 3.8) is 0 Å². The lowest BCUT2D eigenvalue weighted by Gasteiger charge is -2.13. The number of nitrogens with zero attached hydrogens (tertiary/aromatic N) is 1. The van der Waals surface area contributed by atoms with Crippen molar-refractivity contribution < 1.29 is 9.53 Å². The molecular weight excluding hydrogens is 242 g/mol. The molecule has 0 saturated heterocycles. The van der Waals surface area contributed by atoms with Gasteiger partial charge in [-0.1, -0.05) is 30.3 Å². The molecule has 1 unspecified atom stereocenters. The fourth-order valence-electron chi connectivity index (χ4n) is 1.67. The highest BCUT2D eigenvalue weighted by atomic mass is 16.5. The highest BCUT2D eigenvalue weighted by Crippen LogP contribution is 2.21. The summed E-state index contributed by atoms with van der Waals surface area (Å²) in [6.07, 6.45) is 1.59. The van der Waals surface area contributed by atoms with Gasteiger partial charge in [-0.25, -0.2) is 4.98 Å². The van der Waals surface area contributed by atoms with Crippen molar-refractivity contribution in [3.05, 3.63) is 54.2 Å². The van der Waals surface area contributed by atoms with Crippen LogP contribution >= 0.6 is 0 Å². The number of ether oxygens (including phenoxy) is 1. The molecule has 1 atom stereocenters. The molecule has 1 aromatic heterocycles. The predicted molar refractivity (Wildman–Crippen MR) is 72.8 cm³/mol. The number of carbonyl (C=O) groups excluding carboxylic acids is 1. The number of nitrogens with one attached hydrogen (secondary N) is 1. The number of aromatic nitrogens is 1. The highest BCUT2D eigenvalue weighted by Gasteiger charge is 2.17. The van der Waals surface area contributed by atoms with Crippen LogP contribution < -0.4 is 15.8 Å². The van der Waals surface area contributed by atoms with E-state index in [0.29, 0.717) is 11.6 Å². The van der Waals surface area contributed by atoms with E-state index in [1.807, 2.05) is 30.3 Å². The van der Waals surface area contributed by atoms with Crippen molar-refractivity contribution in [2.75, 3.05) is 12.4 Å². The monoisotopic (exact) mass is 257 g/mol. The molecule has 0 aliphatic carbocycles. The van der Waals surface area contributed by atoms with Gasteiger partial charge in [0.15, 0.2) is 0 Å². The Kier molecular flexibility index (Phi) is 4.10. The van der Waals surface area contributed by atoms with E-state index in [4.69, 9.17) is 10.5 Å². The second-order valence-electron chi connectivity index (χ2n) is 3.94. The largest absolute Gasteiger partial charge is 0.480 e. The van der Waals surface area contributed by atoms with Gasteiger partial charge in [-0.15, -0.1) is 0 Å².